The van der Waals surface area contributed by atoms with Crippen LogP contribution in [0, 0.1) is 0 Å². The highest BCUT2D eigenvalue weighted by atomic mass is 14.5. The molecule has 13 heavy (non-hydrogen) atoms. The minimum Gasteiger partial charge on any atom is -0.330 e. The van der Waals surface area contributed by atoms with E-state index in [2.05, 4.69) is 43.3 Å². The predicted molar refractivity (Wildman–Crippen MR) is 58.5 cm³/mol. The Hall–Kier alpha value is -1.08. The largest absolute Gasteiger partial charge is 0.330 e. The molecule has 0 fully saturated rings. The first kappa shape index (κ1) is 10.0. The second-order valence-corrected chi connectivity index (χ2v) is 3.07. The molecule has 0 aliphatic heterocycles. The van der Waals surface area contributed by atoms with Gasteiger partial charge in [0.2, 0.25) is 0 Å². The molecular formula is C12H17N. The maximum Gasteiger partial charge on any atom is -0.00425 e. The van der Waals surface area contributed by atoms with E-state index in [9.17, 15) is 0 Å². The average molecular weight is 175 g/mol. The Bertz CT molecular complexity index is 259. The van der Waals surface area contributed by atoms with Gasteiger partial charge in [0.15, 0.2) is 0 Å². The van der Waals surface area contributed by atoms with Crippen LogP contribution >= 0.6 is 0 Å². The fourth-order valence-corrected chi connectivity index (χ4v) is 1.18. The number of benzene rings is 1. The lowest BCUT2D eigenvalue weighted by molar-refractivity contribution is 1.01. The van der Waals surface area contributed by atoms with Gasteiger partial charge >= 0.3 is 0 Å². The second-order valence-electron chi connectivity index (χ2n) is 3.07. The first-order valence-corrected chi connectivity index (χ1v) is 4.82. The smallest absolute Gasteiger partial charge is 0.00425 e. The maximum absolute atomic E-state index is 5.39. The molecule has 0 unspecified atom stereocenters. The van der Waals surface area contributed by atoms with Crippen LogP contribution in [-0.4, -0.2) is 6.54 Å². The van der Waals surface area contributed by atoms with Crippen molar-refractivity contribution in [3.63, 3.8) is 0 Å². The molecule has 0 bridgehead atoms. The zero-order valence-corrected chi connectivity index (χ0v) is 8.16. The molecule has 0 saturated carbocycles. The quantitative estimate of drug-likeness (QED) is 0.748. The lowest BCUT2D eigenvalue weighted by Crippen LogP contribution is -1.94. The van der Waals surface area contributed by atoms with E-state index < -0.39 is 0 Å². The van der Waals surface area contributed by atoms with E-state index in [1.807, 2.05) is 0 Å². The summed E-state index contributed by atoms with van der Waals surface area (Å²) in [4.78, 5) is 0. The van der Waals surface area contributed by atoms with Crippen molar-refractivity contribution in [3.05, 3.63) is 41.5 Å². The van der Waals surface area contributed by atoms with Crippen LogP contribution < -0.4 is 5.73 Å². The Kier molecular flexibility index (Phi) is 4.27. The monoisotopic (exact) mass is 175 g/mol. The van der Waals surface area contributed by atoms with Gasteiger partial charge in [-0.2, -0.15) is 0 Å². The number of hydrogen-bond donors (Lipinski definition) is 1. The molecule has 1 rings (SSSR count). The van der Waals surface area contributed by atoms with Gasteiger partial charge in [0.25, 0.3) is 0 Å². The normalized spacial score (nSPS) is 10.9. The van der Waals surface area contributed by atoms with E-state index in [0.717, 1.165) is 19.4 Å². The fraction of sp³-hybridized carbons (Fsp3) is 0.333. The molecule has 2 N–H and O–H groups in total. The van der Waals surface area contributed by atoms with Gasteiger partial charge in [0.05, 0.1) is 0 Å². The van der Waals surface area contributed by atoms with Crippen LogP contribution in [0.1, 0.15) is 24.5 Å². The summed E-state index contributed by atoms with van der Waals surface area (Å²) in [5.74, 6) is 0. The maximum atomic E-state index is 5.39. The first-order chi connectivity index (χ1) is 6.36. The molecular weight excluding hydrogens is 158 g/mol. The van der Waals surface area contributed by atoms with Crippen LogP contribution in [0.4, 0.5) is 0 Å². The van der Waals surface area contributed by atoms with E-state index in [-0.39, 0.29) is 0 Å². The lowest BCUT2D eigenvalue weighted by Gasteiger charge is -1.96. The highest BCUT2D eigenvalue weighted by Crippen LogP contribution is 2.06. The molecule has 1 aromatic carbocycles. The van der Waals surface area contributed by atoms with Crippen molar-refractivity contribution in [3.8, 4) is 0 Å². The summed E-state index contributed by atoms with van der Waals surface area (Å²) in [6.45, 7) is 2.89. The van der Waals surface area contributed by atoms with Gasteiger partial charge in [0, 0.05) is 0 Å². The predicted octanol–water partition coefficient (Wildman–Crippen LogP) is 2.61. The number of aryl methyl sites for hydroxylation is 1. The van der Waals surface area contributed by atoms with Crippen LogP contribution in [0.15, 0.2) is 30.3 Å². The van der Waals surface area contributed by atoms with Crippen molar-refractivity contribution in [2.75, 3.05) is 6.54 Å². The summed E-state index contributed by atoms with van der Waals surface area (Å²) in [5, 5.41) is 0. The highest BCUT2D eigenvalue weighted by Gasteiger charge is 1.88. The van der Waals surface area contributed by atoms with Gasteiger partial charge in [-0.25, -0.2) is 0 Å². The molecule has 0 aromatic heterocycles. The Morgan fingerprint density at radius 1 is 1.23 bits per heavy atom. The van der Waals surface area contributed by atoms with E-state index in [0.29, 0.717) is 0 Å². The van der Waals surface area contributed by atoms with Gasteiger partial charge in [0.1, 0.15) is 0 Å². The minimum atomic E-state index is 0.726. The summed E-state index contributed by atoms with van der Waals surface area (Å²) in [7, 11) is 0. The SMILES string of the molecule is CCc1ccc(/C=C/CCN)cc1. The molecule has 1 aromatic rings. The van der Waals surface area contributed by atoms with Crippen LogP contribution in [0.3, 0.4) is 0 Å². The van der Waals surface area contributed by atoms with E-state index in [1.165, 1.54) is 11.1 Å². The Labute approximate surface area is 80.3 Å². The highest BCUT2D eigenvalue weighted by molar-refractivity contribution is 5.49. The molecule has 0 amide bonds. The molecule has 0 atom stereocenters. The van der Waals surface area contributed by atoms with Gasteiger partial charge < -0.3 is 5.73 Å². The third-order valence-electron chi connectivity index (χ3n) is 2.03. The summed E-state index contributed by atoms with van der Waals surface area (Å²) in [6, 6.07) is 8.63. The van der Waals surface area contributed by atoms with Crippen molar-refractivity contribution in [1.82, 2.24) is 0 Å². The molecule has 70 valence electrons. The number of nitrogens with two attached hydrogens (primary N) is 1. The van der Waals surface area contributed by atoms with Gasteiger partial charge in [-0.05, 0) is 30.5 Å². The van der Waals surface area contributed by atoms with E-state index >= 15 is 0 Å². The number of hydrogen-bond acceptors (Lipinski definition) is 1. The van der Waals surface area contributed by atoms with Crippen LogP contribution in [0.2, 0.25) is 0 Å². The summed E-state index contributed by atoms with van der Waals surface area (Å²) >= 11 is 0. The summed E-state index contributed by atoms with van der Waals surface area (Å²) in [5.41, 5.74) is 8.03. The molecule has 0 aliphatic carbocycles. The Morgan fingerprint density at radius 2 is 1.92 bits per heavy atom. The minimum absolute atomic E-state index is 0.726. The van der Waals surface area contributed by atoms with Crippen LogP contribution in [-0.2, 0) is 6.42 Å². The molecule has 0 radical (unpaired) electrons. The third kappa shape index (κ3) is 3.43. The van der Waals surface area contributed by atoms with Crippen molar-refractivity contribution in [2.24, 2.45) is 5.73 Å². The van der Waals surface area contributed by atoms with Crippen LogP contribution in [0.25, 0.3) is 6.08 Å². The Morgan fingerprint density at radius 3 is 2.46 bits per heavy atom. The van der Waals surface area contributed by atoms with Crippen molar-refractivity contribution >= 4 is 6.08 Å². The van der Waals surface area contributed by atoms with Crippen molar-refractivity contribution in [1.29, 1.82) is 0 Å². The fourth-order valence-electron chi connectivity index (χ4n) is 1.18. The third-order valence-corrected chi connectivity index (χ3v) is 2.03. The zero-order chi connectivity index (χ0) is 9.52. The van der Waals surface area contributed by atoms with E-state index in [1.54, 1.807) is 0 Å². The topological polar surface area (TPSA) is 26.0 Å². The summed E-state index contributed by atoms with van der Waals surface area (Å²) < 4.78 is 0. The molecule has 1 heteroatoms. The average Bonchev–Trinajstić information content (AvgIpc) is 2.19. The van der Waals surface area contributed by atoms with Crippen molar-refractivity contribution < 1.29 is 0 Å². The number of rotatable bonds is 4. The lowest BCUT2D eigenvalue weighted by atomic mass is 10.1. The second kappa shape index (κ2) is 5.55. The molecule has 0 heterocycles. The van der Waals surface area contributed by atoms with Crippen LogP contribution in [0.5, 0.6) is 0 Å². The molecule has 0 aliphatic rings. The summed E-state index contributed by atoms with van der Waals surface area (Å²) in [6.07, 6.45) is 6.29. The first-order valence-electron chi connectivity index (χ1n) is 4.82. The van der Waals surface area contributed by atoms with Gasteiger partial charge in [-0.1, -0.05) is 43.3 Å². The Balaban J connectivity index is 2.58. The van der Waals surface area contributed by atoms with E-state index in [4.69, 9.17) is 5.73 Å². The zero-order valence-electron chi connectivity index (χ0n) is 8.16. The molecule has 0 spiro atoms. The van der Waals surface area contributed by atoms with Gasteiger partial charge in [-0.3, -0.25) is 0 Å². The molecule has 0 saturated heterocycles. The molecule has 1 nitrogen and oxygen atoms in total. The van der Waals surface area contributed by atoms with Crippen molar-refractivity contribution in [2.45, 2.75) is 19.8 Å². The van der Waals surface area contributed by atoms with Gasteiger partial charge in [-0.15, -0.1) is 0 Å². The standard InChI is InChI=1S/C12H17N/c1-2-11-6-8-12(9-7-11)5-3-4-10-13/h3,5-9H,2,4,10,13H2,1H3/b5-3+.